The summed E-state index contributed by atoms with van der Waals surface area (Å²) < 4.78 is 0. The summed E-state index contributed by atoms with van der Waals surface area (Å²) in [5, 5.41) is 3.39. The van der Waals surface area contributed by atoms with Crippen LogP contribution in [0.5, 0.6) is 0 Å². The Kier molecular flexibility index (Phi) is 4.63. The lowest BCUT2D eigenvalue weighted by Gasteiger charge is -2.14. The van der Waals surface area contributed by atoms with Gasteiger partial charge < -0.3 is 5.32 Å². The van der Waals surface area contributed by atoms with E-state index in [0.29, 0.717) is 27.5 Å². The Morgan fingerprint density at radius 2 is 1.43 bits per heavy atom. The molecule has 4 rings (SSSR count). The number of hydrogen-bond donors (Lipinski definition) is 1. The van der Waals surface area contributed by atoms with Gasteiger partial charge in [0.2, 0.25) is 0 Å². The predicted molar refractivity (Wildman–Crippen MR) is 108 cm³/mol. The lowest BCUT2D eigenvalue weighted by atomic mass is 10.1. The first-order chi connectivity index (χ1) is 13.5. The van der Waals surface area contributed by atoms with E-state index in [1.54, 1.807) is 60.7 Å². The molecule has 0 aromatic heterocycles. The van der Waals surface area contributed by atoms with E-state index in [0.717, 1.165) is 4.90 Å². The van der Waals surface area contributed by atoms with Crippen molar-refractivity contribution in [2.24, 2.45) is 0 Å². The Morgan fingerprint density at radius 1 is 0.821 bits per heavy atom. The lowest BCUT2D eigenvalue weighted by Crippen LogP contribution is -2.29. The number of anilines is 2. The highest BCUT2D eigenvalue weighted by Gasteiger charge is 2.36. The van der Waals surface area contributed by atoms with Crippen molar-refractivity contribution in [1.29, 1.82) is 0 Å². The Morgan fingerprint density at radius 3 is 2.04 bits per heavy atom. The minimum absolute atomic E-state index is 0.249. The van der Waals surface area contributed by atoms with Gasteiger partial charge in [0.05, 0.1) is 27.4 Å². The number of hydrogen-bond acceptors (Lipinski definition) is 3. The van der Waals surface area contributed by atoms with Crippen molar-refractivity contribution in [2.75, 3.05) is 10.2 Å². The van der Waals surface area contributed by atoms with E-state index >= 15 is 0 Å². The highest BCUT2D eigenvalue weighted by Crippen LogP contribution is 2.29. The first kappa shape index (κ1) is 18.2. The Labute approximate surface area is 170 Å². The van der Waals surface area contributed by atoms with Crippen LogP contribution < -0.4 is 10.2 Å². The molecular formula is C21H12Cl2N2O3. The van der Waals surface area contributed by atoms with Crippen molar-refractivity contribution in [3.8, 4) is 0 Å². The highest BCUT2D eigenvalue weighted by atomic mass is 35.5. The molecule has 138 valence electrons. The summed E-state index contributed by atoms with van der Waals surface area (Å²) in [4.78, 5) is 38.6. The molecule has 1 aliphatic heterocycles. The quantitative estimate of drug-likeness (QED) is 0.614. The van der Waals surface area contributed by atoms with Gasteiger partial charge in [-0.05, 0) is 54.6 Å². The lowest BCUT2D eigenvalue weighted by molar-refractivity contribution is 0.0924. The van der Waals surface area contributed by atoms with Gasteiger partial charge in [0, 0.05) is 10.7 Å². The monoisotopic (exact) mass is 410 g/mol. The van der Waals surface area contributed by atoms with Crippen LogP contribution in [-0.2, 0) is 0 Å². The maximum absolute atomic E-state index is 12.5. The number of amides is 3. The summed E-state index contributed by atoms with van der Waals surface area (Å²) >= 11 is 12.0. The molecule has 0 spiro atoms. The molecule has 0 fully saturated rings. The van der Waals surface area contributed by atoms with Gasteiger partial charge >= 0.3 is 0 Å². The molecule has 7 heteroatoms. The van der Waals surface area contributed by atoms with Crippen LogP contribution in [0.3, 0.4) is 0 Å². The molecule has 0 bridgehead atoms. The molecular weight excluding hydrogens is 399 g/mol. The standard InChI is InChI=1S/C21H12Cl2N2O3/c22-12-5-10-18(23)17(11-12)19(26)24-13-6-8-14(9-7-13)25-20(27)15-3-1-2-4-16(15)21(25)28/h1-11H,(H,24,26). The van der Waals surface area contributed by atoms with Crippen LogP contribution in [0.2, 0.25) is 10.0 Å². The van der Waals surface area contributed by atoms with Crippen molar-refractivity contribution < 1.29 is 14.4 Å². The van der Waals surface area contributed by atoms with Crippen molar-refractivity contribution in [3.05, 3.63) is 93.5 Å². The van der Waals surface area contributed by atoms with Crippen molar-refractivity contribution in [3.63, 3.8) is 0 Å². The van der Waals surface area contributed by atoms with E-state index < -0.39 is 5.91 Å². The third-order valence-electron chi connectivity index (χ3n) is 4.35. The fraction of sp³-hybridized carbons (Fsp3) is 0. The number of fused-ring (bicyclic) bond motifs is 1. The summed E-state index contributed by atoms with van der Waals surface area (Å²) in [6.07, 6.45) is 0. The second-order valence-corrected chi connectivity index (χ2v) is 6.96. The molecule has 0 unspecified atom stereocenters. The zero-order valence-electron chi connectivity index (χ0n) is 14.3. The smallest absolute Gasteiger partial charge is 0.266 e. The van der Waals surface area contributed by atoms with Crippen LogP contribution >= 0.6 is 23.2 Å². The van der Waals surface area contributed by atoms with Gasteiger partial charge in [-0.25, -0.2) is 4.90 Å². The molecule has 0 saturated carbocycles. The SMILES string of the molecule is O=C(Nc1ccc(N2C(=O)c3ccccc3C2=O)cc1)c1cc(Cl)ccc1Cl. The second-order valence-electron chi connectivity index (χ2n) is 6.12. The van der Waals surface area contributed by atoms with Crippen molar-refractivity contribution in [2.45, 2.75) is 0 Å². The van der Waals surface area contributed by atoms with E-state index in [1.165, 1.54) is 6.07 Å². The number of carbonyl (C=O) groups is 3. The summed E-state index contributed by atoms with van der Waals surface area (Å²) in [5.74, 6) is -1.16. The highest BCUT2D eigenvalue weighted by molar-refractivity contribution is 6.36. The molecule has 1 N–H and O–H groups in total. The number of benzene rings is 3. The molecule has 3 amide bonds. The average Bonchev–Trinajstić information content (AvgIpc) is 2.95. The zero-order chi connectivity index (χ0) is 19.8. The first-order valence-electron chi connectivity index (χ1n) is 8.30. The van der Waals surface area contributed by atoms with Crippen LogP contribution in [0.25, 0.3) is 0 Å². The molecule has 0 saturated heterocycles. The van der Waals surface area contributed by atoms with Gasteiger partial charge in [-0.15, -0.1) is 0 Å². The van der Waals surface area contributed by atoms with Crippen LogP contribution in [0, 0.1) is 0 Å². The fourth-order valence-corrected chi connectivity index (χ4v) is 3.36. The largest absolute Gasteiger partial charge is 0.322 e. The fourth-order valence-electron chi connectivity index (χ4n) is 2.99. The van der Waals surface area contributed by atoms with Crippen molar-refractivity contribution in [1.82, 2.24) is 0 Å². The number of rotatable bonds is 3. The van der Waals surface area contributed by atoms with Crippen LogP contribution in [-0.4, -0.2) is 17.7 Å². The van der Waals surface area contributed by atoms with E-state index in [-0.39, 0.29) is 22.4 Å². The number of nitrogens with one attached hydrogen (secondary N) is 1. The number of carbonyl (C=O) groups excluding carboxylic acids is 3. The second kappa shape index (κ2) is 7.11. The van der Waals surface area contributed by atoms with Gasteiger partial charge in [0.15, 0.2) is 0 Å². The summed E-state index contributed by atoms with van der Waals surface area (Å²) in [6.45, 7) is 0. The van der Waals surface area contributed by atoms with E-state index in [1.807, 2.05) is 0 Å². The molecule has 1 aliphatic rings. The molecule has 0 atom stereocenters. The van der Waals surface area contributed by atoms with Gasteiger partial charge in [-0.1, -0.05) is 35.3 Å². The Balaban J connectivity index is 1.55. The topological polar surface area (TPSA) is 66.5 Å². The van der Waals surface area contributed by atoms with Crippen molar-refractivity contribution >= 4 is 52.3 Å². The van der Waals surface area contributed by atoms with E-state index in [2.05, 4.69) is 5.32 Å². The van der Waals surface area contributed by atoms with Gasteiger partial charge in [-0.3, -0.25) is 14.4 Å². The van der Waals surface area contributed by atoms with Gasteiger partial charge in [0.1, 0.15) is 0 Å². The predicted octanol–water partition coefficient (Wildman–Crippen LogP) is 5.05. The molecule has 28 heavy (non-hydrogen) atoms. The van der Waals surface area contributed by atoms with Gasteiger partial charge in [-0.2, -0.15) is 0 Å². The summed E-state index contributed by atoms with van der Waals surface area (Å²) in [7, 11) is 0. The molecule has 1 heterocycles. The number of imide groups is 1. The maximum atomic E-state index is 12.5. The number of halogens is 2. The molecule has 0 aliphatic carbocycles. The molecule has 3 aromatic carbocycles. The third kappa shape index (κ3) is 3.15. The van der Waals surface area contributed by atoms with Crippen LogP contribution in [0.4, 0.5) is 11.4 Å². The minimum Gasteiger partial charge on any atom is -0.322 e. The maximum Gasteiger partial charge on any atom is 0.266 e. The Hall–Kier alpha value is -3.15. The number of nitrogens with zero attached hydrogens (tertiary/aromatic N) is 1. The van der Waals surface area contributed by atoms with Crippen LogP contribution in [0.1, 0.15) is 31.1 Å². The van der Waals surface area contributed by atoms with Gasteiger partial charge in [0.25, 0.3) is 17.7 Å². The van der Waals surface area contributed by atoms with E-state index in [4.69, 9.17) is 23.2 Å². The molecule has 3 aromatic rings. The normalized spacial score (nSPS) is 12.9. The molecule has 5 nitrogen and oxygen atoms in total. The van der Waals surface area contributed by atoms with Crippen LogP contribution in [0.15, 0.2) is 66.7 Å². The summed E-state index contributed by atoms with van der Waals surface area (Å²) in [6, 6.07) is 17.7. The molecule has 0 radical (unpaired) electrons. The zero-order valence-corrected chi connectivity index (χ0v) is 15.8. The Bertz CT molecular complexity index is 1090. The minimum atomic E-state index is -0.416. The first-order valence-corrected chi connectivity index (χ1v) is 9.05. The third-order valence-corrected chi connectivity index (χ3v) is 4.92. The summed E-state index contributed by atoms with van der Waals surface area (Å²) in [5.41, 5.74) is 1.91. The van der Waals surface area contributed by atoms with E-state index in [9.17, 15) is 14.4 Å². The average molecular weight is 411 g/mol.